The summed E-state index contributed by atoms with van der Waals surface area (Å²) >= 11 is 5.04. The van der Waals surface area contributed by atoms with Crippen molar-refractivity contribution in [3.05, 3.63) is 76.5 Å². The fraction of sp³-hybridized carbons (Fsp3) is 0.158. The third-order valence-electron chi connectivity index (χ3n) is 4.27. The lowest BCUT2D eigenvalue weighted by atomic mass is 9.91. The number of halogens is 5. The van der Waals surface area contributed by atoms with E-state index in [1.807, 2.05) is 0 Å². The first-order valence-corrected chi connectivity index (χ1v) is 8.69. The number of alkyl halides is 3. The van der Waals surface area contributed by atoms with Crippen molar-refractivity contribution < 1.29 is 26.7 Å². The molecule has 1 aliphatic heterocycles. The highest BCUT2D eigenvalue weighted by Gasteiger charge is 2.38. The number of benzene rings is 2. The molecule has 152 valence electrons. The van der Waals surface area contributed by atoms with E-state index in [4.69, 9.17) is 12.2 Å². The minimum absolute atomic E-state index is 0.0499. The molecule has 1 heterocycles. The van der Waals surface area contributed by atoms with Crippen LogP contribution in [-0.4, -0.2) is 11.0 Å². The molecule has 0 spiro atoms. The van der Waals surface area contributed by atoms with E-state index in [1.54, 1.807) is 0 Å². The van der Waals surface area contributed by atoms with Gasteiger partial charge in [0.2, 0.25) is 0 Å². The van der Waals surface area contributed by atoms with Gasteiger partial charge >= 0.3 is 6.18 Å². The third kappa shape index (κ3) is 4.37. The van der Waals surface area contributed by atoms with Gasteiger partial charge in [-0.2, -0.15) is 13.2 Å². The summed E-state index contributed by atoms with van der Waals surface area (Å²) in [6.07, 6.45) is -4.65. The number of carbonyl (C=O) groups excluding carboxylic acids is 1. The zero-order valence-electron chi connectivity index (χ0n) is 14.8. The van der Waals surface area contributed by atoms with E-state index in [1.165, 1.54) is 25.1 Å². The van der Waals surface area contributed by atoms with Crippen molar-refractivity contribution in [1.29, 1.82) is 0 Å². The Kier molecular flexibility index (Phi) is 5.56. The summed E-state index contributed by atoms with van der Waals surface area (Å²) in [7, 11) is 0. The Morgan fingerprint density at radius 3 is 2.45 bits per heavy atom. The molecule has 0 fully saturated rings. The number of anilines is 1. The van der Waals surface area contributed by atoms with Gasteiger partial charge < -0.3 is 16.0 Å². The van der Waals surface area contributed by atoms with Crippen LogP contribution in [0.25, 0.3) is 0 Å². The second-order valence-corrected chi connectivity index (χ2v) is 6.65. The lowest BCUT2D eigenvalue weighted by molar-refractivity contribution is -0.138. The normalized spacial score (nSPS) is 16.9. The van der Waals surface area contributed by atoms with Crippen molar-refractivity contribution in [2.75, 3.05) is 5.32 Å². The molecule has 2 aromatic rings. The van der Waals surface area contributed by atoms with Gasteiger partial charge in [0.15, 0.2) is 16.7 Å². The smallest absolute Gasteiger partial charge is 0.351 e. The fourth-order valence-electron chi connectivity index (χ4n) is 3.01. The molecule has 0 aromatic heterocycles. The summed E-state index contributed by atoms with van der Waals surface area (Å²) in [4.78, 5) is 12.8. The molecular weight excluding hydrogens is 413 g/mol. The Balaban J connectivity index is 2.03. The molecule has 10 heteroatoms. The summed E-state index contributed by atoms with van der Waals surface area (Å²) in [5.74, 6) is -3.06. The molecule has 3 rings (SSSR count). The van der Waals surface area contributed by atoms with Gasteiger partial charge in [-0.1, -0.05) is 18.2 Å². The maximum absolute atomic E-state index is 13.5. The highest BCUT2D eigenvalue weighted by atomic mass is 32.1. The van der Waals surface area contributed by atoms with Gasteiger partial charge in [-0.25, -0.2) is 8.78 Å². The summed E-state index contributed by atoms with van der Waals surface area (Å²) in [6.45, 7) is 1.48. The number of nitrogens with one attached hydrogen (secondary N) is 3. The highest BCUT2D eigenvalue weighted by molar-refractivity contribution is 7.80. The molecule has 1 aliphatic rings. The van der Waals surface area contributed by atoms with Gasteiger partial charge in [-0.15, -0.1) is 0 Å². The second kappa shape index (κ2) is 7.78. The van der Waals surface area contributed by atoms with Crippen molar-refractivity contribution in [3.63, 3.8) is 0 Å². The first-order chi connectivity index (χ1) is 13.6. The number of hydrogen-bond donors (Lipinski definition) is 3. The Bertz CT molecular complexity index is 1020. The SMILES string of the molecule is CC1=C(C(=O)Nc2ccc(F)c(F)c2)C(c2ccccc2C(F)(F)F)NC(=S)N1. The lowest BCUT2D eigenvalue weighted by Crippen LogP contribution is -2.46. The minimum atomic E-state index is -4.65. The van der Waals surface area contributed by atoms with E-state index >= 15 is 0 Å². The zero-order valence-corrected chi connectivity index (χ0v) is 15.6. The molecule has 0 saturated carbocycles. The Morgan fingerprint density at radius 1 is 1.10 bits per heavy atom. The number of hydrogen-bond acceptors (Lipinski definition) is 2. The quantitative estimate of drug-likeness (QED) is 0.502. The summed E-state index contributed by atoms with van der Waals surface area (Å²) in [5, 5.41) is 7.80. The van der Waals surface area contributed by atoms with Crippen LogP contribution in [0.15, 0.2) is 53.7 Å². The van der Waals surface area contributed by atoms with Gasteiger partial charge in [0.05, 0.1) is 17.2 Å². The van der Waals surface area contributed by atoms with E-state index < -0.39 is 35.3 Å². The molecule has 29 heavy (non-hydrogen) atoms. The predicted molar refractivity (Wildman–Crippen MR) is 101 cm³/mol. The summed E-state index contributed by atoms with van der Waals surface area (Å²) in [5.41, 5.74) is -1.01. The van der Waals surface area contributed by atoms with Gasteiger partial charge in [-0.05, 0) is 42.9 Å². The van der Waals surface area contributed by atoms with Crippen molar-refractivity contribution in [1.82, 2.24) is 10.6 Å². The maximum Gasteiger partial charge on any atom is 0.416 e. The molecule has 3 N–H and O–H groups in total. The first kappa shape index (κ1) is 20.7. The average Bonchev–Trinajstić information content (AvgIpc) is 2.63. The number of carbonyl (C=O) groups is 1. The van der Waals surface area contributed by atoms with E-state index in [2.05, 4.69) is 16.0 Å². The van der Waals surface area contributed by atoms with Crippen LogP contribution >= 0.6 is 12.2 Å². The topological polar surface area (TPSA) is 53.2 Å². The minimum Gasteiger partial charge on any atom is -0.351 e. The van der Waals surface area contributed by atoms with Crippen LogP contribution in [-0.2, 0) is 11.0 Å². The average molecular weight is 427 g/mol. The van der Waals surface area contributed by atoms with Crippen molar-refractivity contribution in [3.8, 4) is 0 Å². The van der Waals surface area contributed by atoms with Gasteiger partial charge in [-0.3, -0.25) is 4.79 Å². The van der Waals surface area contributed by atoms with E-state index in [9.17, 15) is 26.7 Å². The van der Waals surface area contributed by atoms with Crippen LogP contribution in [0, 0.1) is 11.6 Å². The summed E-state index contributed by atoms with van der Waals surface area (Å²) in [6, 6.07) is 6.34. The zero-order chi connectivity index (χ0) is 21.3. The van der Waals surface area contributed by atoms with Crippen LogP contribution in [0.5, 0.6) is 0 Å². The van der Waals surface area contributed by atoms with Crippen molar-refractivity contribution in [2.45, 2.75) is 19.1 Å². The number of rotatable bonds is 3. The molecule has 4 nitrogen and oxygen atoms in total. The standard InChI is InChI=1S/C19H14F5N3OS/c1-9-15(17(28)26-10-6-7-13(20)14(21)8-10)16(27-18(29)25-9)11-4-2-3-5-12(11)19(22,23)24/h2-8,16H,1H3,(H,26,28)(H2,25,27,29). The molecular formula is C19H14F5N3OS. The molecule has 1 amide bonds. The number of amides is 1. The number of allylic oxidation sites excluding steroid dienone is 1. The molecule has 0 bridgehead atoms. The molecule has 1 unspecified atom stereocenters. The monoisotopic (exact) mass is 427 g/mol. The van der Waals surface area contributed by atoms with Crippen LogP contribution in [0.3, 0.4) is 0 Å². The third-order valence-corrected chi connectivity index (χ3v) is 4.49. The largest absolute Gasteiger partial charge is 0.416 e. The van der Waals surface area contributed by atoms with Crippen LogP contribution in [0.1, 0.15) is 24.1 Å². The Morgan fingerprint density at radius 2 is 1.79 bits per heavy atom. The molecule has 0 radical (unpaired) electrons. The summed E-state index contributed by atoms with van der Waals surface area (Å²) < 4.78 is 67.0. The van der Waals surface area contributed by atoms with Crippen molar-refractivity contribution >= 4 is 28.9 Å². The second-order valence-electron chi connectivity index (χ2n) is 6.24. The molecule has 0 aliphatic carbocycles. The van der Waals surface area contributed by atoms with Crippen LogP contribution < -0.4 is 16.0 Å². The molecule has 1 atom stereocenters. The van der Waals surface area contributed by atoms with Gasteiger partial charge in [0.25, 0.3) is 5.91 Å². The first-order valence-electron chi connectivity index (χ1n) is 8.28. The van der Waals surface area contributed by atoms with E-state index in [0.29, 0.717) is 0 Å². The fourth-order valence-corrected chi connectivity index (χ4v) is 3.28. The van der Waals surface area contributed by atoms with Gasteiger partial charge in [0.1, 0.15) is 0 Å². The lowest BCUT2D eigenvalue weighted by Gasteiger charge is -2.31. The molecule has 2 aromatic carbocycles. The van der Waals surface area contributed by atoms with E-state index in [0.717, 1.165) is 24.3 Å². The Hall–Kier alpha value is -3.01. The van der Waals surface area contributed by atoms with E-state index in [-0.39, 0.29) is 27.6 Å². The van der Waals surface area contributed by atoms with Gasteiger partial charge in [0, 0.05) is 17.5 Å². The van der Waals surface area contributed by atoms with Crippen molar-refractivity contribution in [2.24, 2.45) is 0 Å². The maximum atomic E-state index is 13.5. The van der Waals surface area contributed by atoms with Crippen LogP contribution in [0.2, 0.25) is 0 Å². The Labute approximate surface area is 167 Å². The number of thiocarbonyl (C=S) groups is 1. The predicted octanol–water partition coefficient (Wildman–Crippen LogP) is 4.42. The highest BCUT2D eigenvalue weighted by Crippen LogP contribution is 2.38. The van der Waals surface area contributed by atoms with Crippen LogP contribution in [0.4, 0.5) is 27.6 Å². The molecule has 0 saturated heterocycles.